The molecule has 3 unspecified atom stereocenters. The molecule has 3 rings (SSSR count). The number of amidine groups is 1. The number of amides is 2. The number of aryl methyl sites for hydroxylation is 2. The number of benzene rings is 1. The molecule has 9 N–H and O–H groups in total. The number of hydrogen-bond donors (Lipinski definition) is 7. The maximum Gasteiger partial charge on any atom is 0.326 e. The lowest BCUT2D eigenvalue weighted by Crippen LogP contribution is -2.44. The molecule has 1 aromatic carbocycles. The number of nitrogens with one attached hydrogen (secondary N) is 4. The molecule has 2 heterocycles. The highest BCUT2D eigenvalue weighted by atomic mass is 16.4. The number of nitrogens with two attached hydrogens (primary N) is 2. The SMILES string of the molecule is Cc1c(CC(NC(=O)CCCNC(=O)C(N)CC2=CCNC2C(=N)N)C(=O)O)oc2c(C)cccc12. The number of carbonyl (C=O) groups is 3. The Morgan fingerprint density at radius 3 is 2.69 bits per heavy atom. The zero-order chi connectivity index (χ0) is 26.4. The van der Waals surface area contributed by atoms with Crippen molar-refractivity contribution in [3.05, 3.63) is 46.7 Å². The van der Waals surface area contributed by atoms with E-state index in [0.717, 1.165) is 22.1 Å². The molecule has 1 aliphatic heterocycles. The average molecular weight is 499 g/mol. The third kappa shape index (κ3) is 6.49. The van der Waals surface area contributed by atoms with Crippen molar-refractivity contribution in [1.82, 2.24) is 16.0 Å². The minimum absolute atomic E-state index is 0.0253. The number of hydrogen-bond acceptors (Lipinski definition) is 7. The fraction of sp³-hybridized carbons (Fsp3) is 0.440. The number of para-hydroxylation sites is 1. The molecular weight excluding hydrogens is 464 g/mol. The van der Waals surface area contributed by atoms with Gasteiger partial charge in [-0.25, -0.2) is 4.79 Å². The first-order valence-corrected chi connectivity index (χ1v) is 11.9. The summed E-state index contributed by atoms with van der Waals surface area (Å²) in [7, 11) is 0. The number of carbonyl (C=O) groups excluding carboxylic acids is 2. The van der Waals surface area contributed by atoms with E-state index in [1.807, 2.05) is 38.1 Å². The summed E-state index contributed by atoms with van der Waals surface area (Å²) in [6.45, 7) is 4.57. The van der Waals surface area contributed by atoms with Gasteiger partial charge in [-0.05, 0) is 43.4 Å². The van der Waals surface area contributed by atoms with E-state index in [2.05, 4.69) is 16.0 Å². The van der Waals surface area contributed by atoms with Gasteiger partial charge in [0.2, 0.25) is 11.8 Å². The molecule has 0 spiro atoms. The largest absolute Gasteiger partial charge is 0.480 e. The molecule has 0 saturated heterocycles. The summed E-state index contributed by atoms with van der Waals surface area (Å²) in [5.74, 6) is -1.46. The van der Waals surface area contributed by atoms with Crippen molar-refractivity contribution in [3.63, 3.8) is 0 Å². The minimum atomic E-state index is -1.15. The number of carboxylic acids is 1. The van der Waals surface area contributed by atoms with Gasteiger partial charge in [0.25, 0.3) is 0 Å². The quantitative estimate of drug-likeness (QED) is 0.0955. The Labute approximate surface area is 209 Å². The normalized spacial score (nSPS) is 16.9. The van der Waals surface area contributed by atoms with Gasteiger partial charge in [0.15, 0.2) is 0 Å². The fourth-order valence-corrected chi connectivity index (χ4v) is 4.29. The predicted octanol–water partition coefficient (Wildman–Crippen LogP) is 0.610. The molecule has 194 valence electrons. The second kappa shape index (κ2) is 11.8. The summed E-state index contributed by atoms with van der Waals surface area (Å²) in [4.78, 5) is 36.5. The van der Waals surface area contributed by atoms with Crippen molar-refractivity contribution >= 4 is 34.6 Å². The Morgan fingerprint density at radius 2 is 2.03 bits per heavy atom. The number of rotatable bonds is 12. The van der Waals surface area contributed by atoms with Gasteiger partial charge in [0.1, 0.15) is 23.2 Å². The molecule has 11 nitrogen and oxygen atoms in total. The van der Waals surface area contributed by atoms with Crippen LogP contribution in [0, 0.1) is 19.3 Å². The number of fused-ring (bicyclic) bond motifs is 1. The van der Waals surface area contributed by atoms with Gasteiger partial charge in [-0.15, -0.1) is 0 Å². The van der Waals surface area contributed by atoms with E-state index in [-0.39, 0.29) is 37.6 Å². The van der Waals surface area contributed by atoms with Crippen LogP contribution in [0.5, 0.6) is 0 Å². The predicted molar refractivity (Wildman–Crippen MR) is 136 cm³/mol. The molecule has 1 aromatic heterocycles. The summed E-state index contributed by atoms with van der Waals surface area (Å²) < 4.78 is 5.91. The second-order valence-electron chi connectivity index (χ2n) is 9.05. The van der Waals surface area contributed by atoms with Crippen LogP contribution in [-0.4, -0.2) is 59.9 Å². The van der Waals surface area contributed by atoms with E-state index in [0.29, 0.717) is 24.3 Å². The topological polar surface area (TPSA) is 197 Å². The number of aliphatic carboxylic acids is 1. The van der Waals surface area contributed by atoms with Crippen LogP contribution in [0.15, 0.2) is 34.3 Å². The molecule has 11 heteroatoms. The smallest absolute Gasteiger partial charge is 0.326 e. The summed E-state index contributed by atoms with van der Waals surface area (Å²) in [5.41, 5.74) is 14.9. The molecule has 0 bridgehead atoms. The number of furan rings is 1. The molecule has 0 fully saturated rings. The Morgan fingerprint density at radius 1 is 1.28 bits per heavy atom. The standard InChI is InChI=1S/C25H34N6O5/c1-13-5-3-6-16-14(2)19(36-22(13)16)12-18(25(34)35)31-20(32)7-4-9-30-24(33)17(26)11-15-8-10-29-21(15)23(27)28/h3,5-6,8,17-18,21,29H,4,7,9-12,26H2,1-2H3,(H3,27,28)(H,30,33)(H,31,32)(H,34,35). The van der Waals surface area contributed by atoms with Crippen molar-refractivity contribution in [2.75, 3.05) is 13.1 Å². The lowest BCUT2D eigenvalue weighted by molar-refractivity contribution is -0.141. The zero-order valence-corrected chi connectivity index (χ0v) is 20.5. The van der Waals surface area contributed by atoms with Crippen LogP contribution in [0.1, 0.15) is 36.1 Å². The van der Waals surface area contributed by atoms with E-state index in [9.17, 15) is 19.5 Å². The van der Waals surface area contributed by atoms with Gasteiger partial charge in [0, 0.05) is 31.3 Å². The average Bonchev–Trinajstić information content (AvgIpc) is 3.41. The molecule has 36 heavy (non-hydrogen) atoms. The Hall–Kier alpha value is -3.70. The van der Waals surface area contributed by atoms with Crippen molar-refractivity contribution in [2.45, 2.75) is 57.7 Å². The van der Waals surface area contributed by atoms with Gasteiger partial charge < -0.3 is 36.9 Å². The Kier molecular flexibility index (Phi) is 8.83. The first-order chi connectivity index (χ1) is 17.1. The van der Waals surface area contributed by atoms with Crippen LogP contribution in [0.4, 0.5) is 0 Å². The van der Waals surface area contributed by atoms with Crippen LogP contribution < -0.4 is 27.4 Å². The molecule has 2 amide bonds. The van der Waals surface area contributed by atoms with E-state index in [1.165, 1.54) is 0 Å². The minimum Gasteiger partial charge on any atom is -0.480 e. The van der Waals surface area contributed by atoms with Gasteiger partial charge in [-0.3, -0.25) is 15.0 Å². The summed E-state index contributed by atoms with van der Waals surface area (Å²) in [6.07, 6.45) is 2.53. The summed E-state index contributed by atoms with van der Waals surface area (Å²) in [5, 5.41) is 26.4. The van der Waals surface area contributed by atoms with Crippen LogP contribution in [0.25, 0.3) is 11.0 Å². The molecule has 1 aliphatic rings. The maximum atomic E-state index is 12.4. The first-order valence-electron chi connectivity index (χ1n) is 11.9. The summed E-state index contributed by atoms with van der Waals surface area (Å²) in [6, 6.07) is 3.41. The Balaban J connectivity index is 1.45. The van der Waals surface area contributed by atoms with Crippen LogP contribution in [0.2, 0.25) is 0 Å². The van der Waals surface area contributed by atoms with E-state index in [1.54, 1.807) is 0 Å². The van der Waals surface area contributed by atoms with Crippen LogP contribution in [0.3, 0.4) is 0 Å². The lowest BCUT2D eigenvalue weighted by atomic mass is 10.0. The maximum absolute atomic E-state index is 12.4. The highest BCUT2D eigenvalue weighted by molar-refractivity contribution is 5.88. The number of carboxylic acid groups (broad SMARTS) is 1. The fourth-order valence-electron chi connectivity index (χ4n) is 4.29. The second-order valence-corrected chi connectivity index (χ2v) is 9.05. The molecule has 0 radical (unpaired) electrons. The highest BCUT2D eigenvalue weighted by Gasteiger charge is 2.26. The third-order valence-corrected chi connectivity index (χ3v) is 6.32. The van der Waals surface area contributed by atoms with Crippen molar-refractivity contribution in [3.8, 4) is 0 Å². The van der Waals surface area contributed by atoms with Crippen LogP contribution in [-0.2, 0) is 20.8 Å². The van der Waals surface area contributed by atoms with Gasteiger partial charge in [0.05, 0.1) is 12.1 Å². The Bertz CT molecular complexity index is 1190. The highest BCUT2D eigenvalue weighted by Crippen LogP contribution is 2.28. The van der Waals surface area contributed by atoms with E-state index >= 15 is 0 Å². The summed E-state index contributed by atoms with van der Waals surface area (Å²) >= 11 is 0. The van der Waals surface area contributed by atoms with Crippen LogP contribution >= 0.6 is 0 Å². The van der Waals surface area contributed by atoms with Gasteiger partial charge in [-0.2, -0.15) is 0 Å². The monoisotopic (exact) mass is 498 g/mol. The van der Waals surface area contributed by atoms with E-state index < -0.39 is 30.0 Å². The molecule has 2 aromatic rings. The van der Waals surface area contributed by atoms with Crippen molar-refractivity contribution < 1.29 is 23.9 Å². The van der Waals surface area contributed by atoms with E-state index in [4.69, 9.17) is 21.3 Å². The van der Waals surface area contributed by atoms with Crippen molar-refractivity contribution in [2.24, 2.45) is 11.5 Å². The molecule has 0 aliphatic carbocycles. The van der Waals surface area contributed by atoms with Gasteiger partial charge in [-0.1, -0.05) is 24.3 Å². The van der Waals surface area contributed by atoms with Gasteiger partial charge >= 0.3 is 5.97 Å². The molecular formula is C25H34N6O5. The molecule has 0 saturated carbocycles. The lowest BCUT2D eigenvalue weighted by Gasteiger charge is -2.18. The zero-order valence-electron chi connectivity index (χ0n) is 20.5. The first kappa shape index (κ1) is 26.9. The van der Waals surface area contributed by atoms with Crippen molar-refractivity contribution in [1.29, 1.82) is 5.41 Å². The molecule has 3 atom stereocenters. The third-order valence-electron chi connectivity index (χ3n) is 6.32.